The van der Waals surface area contributed by atoms with Gasteiger partial charge < -0.3 is 15.4 Å². The van der Waals surface area contributed by atoms with Gasteiger partial charge >= 0.3 is 6.18 Å². The topological polar surface area (TPSA) is 107 Å². The van der Waals surface area contributed by atoms with Gasteiger partial charge in [0.2, 0.25) is 11.8 Å². The highest BCUT2D eigenvalue weighted by molar-refractivity contribution is 7.19. The van der Waals surface area contributed by atoms with Crippen molar-refractivity contribution in [2.75, 3.05) is 26.2 Å². The maximum Gasteiger partial charge on any atom is 0.432 e. The number of nitrogens with one attached hydrogen (secondary N) is 3. The van der Waals surface area contributed by atoms with E-state index >= 15 is 0 Å². The van der Waals surface area contributed by atoms with Gasteiger partial charge in [0.15, 0.2) is 0 Å². The summed E-state index contributed by atoms with van der Waals surface area (Å²) in [6.07, 6.45) is -2.79. The molecular formula is C24H28F3N5O3S. The number of allylic oxidation sites excluding steroid dienone is 1. The first-order chi connectivity index (χ1) is 16.9. The van der Waals surface area contributed by atoms with Gasteiger partial charge in [0.05, 0.1) is 34.9 Å². The van der Waals surface area contributed by atoms with Crippen LogP contribution in [-0.2, 0) is 20.9 Å². The van der Waals surface area contributed by atoms with Crippen LogP contribution in [0, 0.1) is 16.7 Å². The van der Waals surface area contributed by atoms with Crippen molar-refractivity contribution in [2.24, 2.45) is 11.3 Å². The van der Waals surface area contributed by atoms with Crippen LogP contribution in [0.25, 0.3) is 15.9 Å². The van der Waals surface area contributed by atoms with Gasteiger partial charge in [-0.1, -0.05) is 20.8 Å². The fourth-order valence-electron chi connectivity index (χ4n) is 4.18. The van der Waals surface area contributed by atoms with Crippen LogP contribution in [0.1, 0.15) is 31.2 Å². The zero-order valence-electron chi connectivity index (χ0n) is 20.2. The molecule has 8 nitrogen and oxygen atoms in total. The number of ether oxygens (including phenoxy) is 1. The van der Waals surface area contributed by atoms with Crippen molar-refractivity contribution in [2.45, 2.75) is 39.6 Å². The lowest BCUT2D eigenvalue weighted by atomic mass is 9.82. The van der Waals surface area contributed by atoms with Gasteiger partial charge in [0.1, 0.15) is 5.71 Å². The smallest absolute Gasteiger partial charge is 0.382 e. The summed E-state index contributed by atoms with van der Waals surface area (Å²) in [5.74, 6) is -0.957. The van der Waals surface area contributed by atoms with Crippen molar-refractivity contribution in [1.29, 1.82) is 5.41 Å². The third-order valence-electron chi connectivity index (χ3n) is 6.70. The summed E-state index contributed by atoms with van der Waals surface area (Å²) < 4.78 is 45.9. The Morgan fingerprint density at radius 3 is 2.78 bits per heavy atom. The number of imide groups is 1. The average molecular weight is 524 g/mol. The van der Waals surface area contributed by atoms with E-state index in [1.54, 1.807) is 32.9 Å². The van der Waals surface area contributed by atoms with Crippen LogP contribution in [0.15, 0.2) is 24.4 Å². The van der Waals surface area contributed by atoms with Crippen LogP contribution < -0.4 is 10.6 Å². The number of nitrogens with zero attached hydrogens (tertiary/aromatic N) is 2. The summed E-state index contributed by atoms with van der Waals surface area (Å²) in [5, 5.41) is 13.7. The van der Waals surface area contributed by atoms with E-state index in [4.69, 9.17) is 10.1 Å². The SMILES string of the molecule is CC1C(=O)N(Cc2cc3nccc(/C(=C/C(=N)C(F)(F)F)NCC4CNCCO4)c3s2)C(=O)C1(C)C. The summed E-state index contributed by atoms with van der Waals surface area (Å²) in [6.45, 7) is 7.29. The predicted molar refractivity (Wildman–Crippen MR) is 130 cm³/mol. The molecule has 2 fully saturated rings. The molecule has 2 amide bonds. The van der Waals surface area contributed by atoms with Gasteiger partial charge in [-0.3, -0.25) is 24.9 Å². The molecule has 2 atom stereocenters. The number of carbonyl (C=O) groups is 2. The molecule has 2 saturated heterocycles. The van der Waals surface area contributed by atoms with Crippen molar-refractivity contribution in [3.63, 3.8) is 0 Å². The van der Waals surface area contributed by atoms with E-state index in [9.17, 15) is 22.8 Å². The number of hydrogen-bond donors (Lipinski definition) is 3. The number of pyridine rings is 1. The Kier molecular flexibility index (Phi) is 7.22. The quantitative estimate of drug-likeness (QED) is 0.380. The number of carbonyl (C=O) groups excluding carboxylic acids is 2. The normalized spacial score (nSPS) is 22.9. The van der Waals surface area contributed by atoms with Crippen LogP contribution >= 0.6 is 11.3 Å². The van der Waals surface area contributed by atoms with E-state index in [-0.39, 0.29) is 36.7 Å². The number of rotatable bonds is 7. The first-order valence-electron chi connectivity index (χ1n) is 11.6. The molecular weight excluding hydrogens is 495 g/mol. The maximum absolute atomic E-state index is 13.2. The van der Waals surface area contributed by atoms with Gasteiger partial charge in [-0.25, -0.2) is 0 Å². The minimum atomic E-state index is -4.80. The van der Waals surface area contributed by atoms with Gasteiger partial charge in [-0.15, -0.1) is 11.3 Å². The van der Waals surface area contributed by atoms with Crippen LogP contribution in [0.5, 0.6) is 0 Å². The number of aromatic nitrogens is 1. The molecule has 0 bridgehead atoms. The Morgan fingerprint density at radius 2 is 2.17 bits per heavy atom. The van der Waals surface area contributed by atoms with Crippen molar-refractivity contribution >= 4 is 44.8 Å². The lowest BCUT2D eigenvalue weighted by Crippen LogP contribution is -2.43. The standard InChI is InChI=1S/C24H28F3N5O3S/c1-13-21(33)32(22(34)23(13,2)3)12-15-8-18-20(36-15)16(4-5-30-18)17(9-19(28)24(25,26)27)31-11-14-10-29-6-7-35-14/h4-5,8-9,13-14,28-29,31H,6-7,10-12H2,1-3H3/b17-9-,28-19?. The van der Waals surface area contributed by atoms with Crippen LogP contribution in [0.4, 0.5) is 13.2 Å². The molecule has 0 saturated carbocycles. The van der Waals surface area contributed by atoms with E-state index < -0.39 is 23.2 Å². The number of morpholine rings is 1. The number of halogens is 3. The largest absolute Gasteiger partial charge is 0.432 e. The first kappa shape index (κ1) is 26.2. The third kappa shape index (κ3) is 5.16. The molecule has 4 rings (SSSR count). The minimum absolute atomic E-state index is 0.0678. The zero-order valence-corrected chi connectivity index (χ0v) is 21.0. The fraction of sp³-hybridized carbons (Fsp3) is 0.500. The zero-order chi connectivity index (χ0) is 26.3. The van der Waals surface area contributed by atoms with Gasteiger partial charge in [0, 0.05) is 47.9 Å². The maximum atomic E-state index is 13.2. The minimum Gasteiger partial charge on any atom is -0.382 e. The molecule has 0 spiro atoms. The molecule has 2 aliphatic heterocycles. The Bertz CT molecular complexity index is 1220. The number of thiophene rings is 1. The fourth-order valence-corrected chi connectivity index (χ4v) is 5.31. The summed E-state index contributed by atoms with van der Waals surface area (Å²) in [6, 6.07) is 3.32. The Balaban J connectivity index is 1.66. The molecule has 2 aliphatic rings. The third-order valence-corrected chi connectivity index (χ3v) is 7.84. The summed E-state index contributed by atoms with van der Waals surface area (Å²) in [4.78, 5) is 31.8. The lowest BCUT2D eigenvalue weighted by molar-refractivity contribution is -0.141. The van der Waals surface area contributed by atoms with Crippen molar-refractivity contribution in [3.8, 4) is 0 Å². The average Bonchev–Trinajstić information content (AvgIpc) is 3.31. The van der Waals surface area contributed by atoms with Crippen LogP contribution in [-0.4, -0.2) is 65.9 Å². The molecule has 3 N–H and O–H groups in total. The molecule has 36 heavy (non-hydrogen) atoms. The molecule has 2 aromatic rings. The summed E-state index contributed by atoms with van der Waals surface area (Å²) in [5.41, 5.74) is -1.19. The van der Waals surface area contributed by atoms with Gasteiger partial charge in [-0.05, 0) is 18.2 Å². The summed E-state index contributed by atoms with van der Waals surface area (Å²) in [7, 11) is 0. The van der Waals surface area contributed by atoms with Crippen molar-refractivity contribution in [3.05, 3.63) is 34.8 Å². The highest BCUT2D eigenvalue weighted by Crippen LogP contribution is 2.39. The van der Waals surface area contributed by atoms with Crippen molar-refractivity contribution in [1.82, 2.24) is 20.5 Å². The number of alkyl halides is 3. The predicted octanol–water partition coefficient (Wildman–Crippen LogP) is 3.33. The van der Waals surface area contributed by atoms with E-state index in [0.29, 0.717) is 40.4 Å². The second-order valence-electron chi connectivity index (χ2n) is 9.51. The Labute approximate surface area is 210 Å². The number of hydrogen-bond acceptors (Lipinski definition) is 8. The number of fused-ring (bicyclic) bond motifs is 1. The van der Waals surface area contributed by atoms with Crippen LogP contribution in [0.2, 0.25) is 0 Å². The van der Waals surface area contributed by atoms with E-state index in [1.165, 1.54) is 22.4 Å². The Morgan fingerprint density at radius 1 is 1.42 bits per heavy atom. The van der Waals surface area contributed by atoms with Gasteiger partial charge in [0.25, 0.3) is 0 Å². The van der Waals surface area contributed by atoms with Crippen LogP contribution in [0.3, 0.4) is 0 Å². The molecule has 0 aromatic carbocycles. The monoisotopic (exact) mass is 523 g/mol. The highest BCUT2D eigenvalue weighted by Gasteiger charge is 2.51. The highest BCUT2D eigenvalue weighted by atomic mass is 32.1. The van der Waals surface area contributed by atoms with E-state index in [2.05, 4.69) is 15.6 Å². The first-order valence-corrected chi connectivity index (χ1v) is 12.4. The van der Waals surface area contributed by atoms with Crippen molar-refractivity contribution < 1.29 is 27.5 Å². The molecule has 2 aromatic heterocycles. The number of amides is 2. The molecule has 2 unspecified atom stereocenters. The molecule has 194 valence electrons. The summed E-state index contributed by atoms with van der Waals surface area (Å²) >= 11 is 1.26. The second kappa shape index (κ2) is 9.91. The van der Waals surface area contributed by atoms with Gasteiger partial charge in [-0.2, -0.15) is 13.2 Å². The molecule has 0 radical (unpaired) electrons. The molecule has 0 aliphatic carbocycles. The van der Waals surface area contributed by atoms with E-state index in [0.717, 1.165) is 6.08 Å². The number of likely N-dealkylation sites (tertiary alicyclic amines) is 1. The molecule has 12 heteroatoms. The second-order valence-corrected chi connectivity index (χ2v) is 10.6. The Hall–Kier alpha value is -2.83. The lowest BCUT2D eigenvalue weighted by Gasteiger charge is -2.25. The van der Waals surface area contributed by atoms with E-state index in [1.807, 2.05) is 0 Å². The molecule has 4 heterocycles.